The summed E-state index contributed by atoms with van der Waals surface area (Å²) in [6.07, 6.45) is 4.18. The zero-order valence-electron chi connectivity index (χ0n) is 16.5. The van der Waals surface area contributed by atoms with Crippen LogP contribution in [0.25, 0.3) is 10.6 Å². The fourth-order valence-corrected chi connectivity index (χ4v) is 4.28. The summed E-state index contributed by atoms with van der Waals surface area (Å²) in [4.78, 5) is 33.4. The molecule has 0 saturated carbocycles. The smallest absolute Gasteiger partial charge is 0.251 e. The number of methoxy groups -OCH3 is 1. The maximum Gasteiger partial charge on any atom is 0.251 e. The lowest BCUT2D eigenvalue weighted by Gasteiger charge is -2.17. The average Bonchev–Trinajstić information content (AvgIpc) is 3.34. The molecule has 8 nitrogen and oxygen atoms in total. The summed E-state index contributed by atoms with van der Waals surface area (Å²) in [6, 6.07) is 5.25. The van der Waals surface area contributed by atoms with Gasteiger partial charge in [0.05, 0.1) is 28.4 Å². The highest BCUT2D eigenvalue weighted by Crippen LogP contribution is 2.29. The minimum Gasteiger partial charge on any atom is -0.481 e. The van der Waals surface area contributed by atoms with Gasteiger partial charge < -0.3 is 15.0 Å². The van der Waals surface area contributed by atoms with Gasteiger partial charge in [0, 0.05) is 43.2 Å². The molecule has 1 aliphatic rings. The highest BCUT2D eigenvalue weighted by Gasteiger charge is 2.26. The number of hydrogen-bond donors (Lipinski definition) is 1. The van der Waals surface area contributed by atoms with E-state index in [-0.39, 0.29) is 11.9 Å². The van der Waals surface area contributed by atoms with Gasteiger partial charge in [-0.3, -0.25) is 4.79 Å². The van der Waals surface area contributed by atoms with Gasteiger partial charge in [-0.25, -0.2) is 19.9 Å². The summed E-state index contributed by atoms with van der Waals surface area (Å²) in [5.74, 6) is 0.961. The van der Waals surface area contributed by atoms with E-state index < -0.39 is 0 Å². The van der Waals surface area contributed by atoms with Gasteiger partial charge in [-0.15, -0.1) is 11.3 Å². The Bertz CT molecular complexity index is 1040. The molecule has 1 N–H and O–H groups in total. The van der Waals surface area contributed by atoms with Crippen LogP contribution in [-0.4, -0.2) is 52.1 Å². The van der Waals surface area contributed by atoms with Crippen LogP contribution in [0.15, 0.2) is 30.6 Å². The molecule has 3 aromatic heterocycles. The Morgan fingerprint density at radius 3 is 2.83 bits per heavy atom. The van der Waals surface area contributed by atoms with Crippen molar-refractivity contribution in [3.8, 4) is 16.5 Å². The first-order valence-corrected chi connectivity index (χ1v) is 10.2. The van der Waals surface area contributed by atoms with Crippen LogP contribution in [0.4, 0.5) is 5.95 Å². The molecule has 1 atom stereocenters. The number of rotatable bonds is 5. The molecule has 0 aliphatic carbocycles. The first-order chi connectivity index (χ1) is 14.0. The van der Waals surface area contributed by atoms with Gasteiger partial charge in [-0.2, -0.15) is 0 Å². The zero-order valence-corrected chi connectivity index (χ0v) is 17.4. The topological polar surface area (TPSA) is 93.1 Å². The van der Waals surface area contributed by atoms with Crippen molar-refractivity contribution in [3.63, 3.8) is 0 Å². The largest absolute Gasteiger partial charge is 0.481 e. The molecule has 29 heavy (non-hydrogen) atoms. The summed E-state index contributed by atoms with van der Waals surface area (Å²) >= 11 is 1.64. The number of thiazole rings is 1. The highest BCUT2D eigenvalue weighted by atomic mass is 32.1. The number of anilines is 1. The molecule has 150 valence electrons. The molecule has 0 spiro atoms. The number of hydrogen-bond acceptors (Lipinski definition) is 8. The van der Waals surface area contributed by atoms with E-state index in [1.807, 2.05) is 19.9 Å². The molecule has 1 amide bonds. The molecule has 1 fully saturated rings. The number of carbonyl (C=O) groups is 1. The Morgan fingerprint density at radius 2 is 2.07 bits per heavy atom. The van der Waals surface area contributed by atoms with Gasteiger partial charge in [0.2, 0.25) is 11.8 Å². The van der Waals surface area contributed by atoms with Crippen LogP contribution in [-0.2, 0) is 0 Å². The highest BCUT2D eigenvalue weighted by molar-refractivity contribution is 7.15. The summed E-state index contributed by atoms with van der Waals surface area (Å²) < 4.78 is 5.09. The average molecular weight is 411 g/mol. The summed E-state index contributed by atoms with van der Waals surface area (Å²) in [5, 5.41) is 4.10. The Labute approximate surface area is 173 Å². The quantitative estimate of drug-likeness (QED) is 0.691. The monoisotopic (exact) mass is 410 g/mol. The molecule has 1 saturated heterocycles. The van der Waals surface area contributed by atoms with Crippen molar-refractivity contribution in [2.24, 2.45) is 0 Å². The lowest BCUT2D eigenvalue weighted by molar-refractivity contribution is 0.0940. The number of ether oxygens (including phenoxy) is 1. The second-order valence-electron chi connectivity index (χ2n) is 6.88. The maximum atomic E-state index is 12.5. The van der Waals surface area contributed by atoms with Crippen molar-refractivity contribution in [2.75, 3.05) is 25.1 Å². The van der Waals surface area contributed by atoms with E-state index in [1.165, 1.54) is 7.11 Å². The van der Waals surface area contributed by atoms with Crippen molar-refractivity contribution >= 4 is 23.2 Å². The van der Waals surface area contributed by atoms with E-state index in [0.29, 0.717) is 23.9 Å². The molecule has 1 aliphatic heterocycles. The molecule has 4 heterocycles. The van der Waals surface area contributed by atoms with Crippen LogP contribution in [0, 0.1) is 13.8 Å². The Balaban J connectivity index is 1.44. The molecule has 9 heteroatoms. The standard InChI is InChI=1S/C20H22N6O2S/c1-12-18(29-13(2)23-12)16-5-8-22-20(25-16)26-9-6-15(11-26)24-19(27)14-4-7-21-17(10-14)28-3/h4-5,7-8,10,15H,6,9,11H2,1-3H3,(H,24,27). The lowest BCUT2D eigenvalue weighted by atomic mass is 10.2. The van der Waals surface area contributed by atoms with Gasteiger partial charge in [0.25, 0.3) is 5.91 Å². The van der Waals surface area contributed by atoms with Crippen LogP contribution in [0.1, 0.15) is 27.5 Å². The Kier molecular flexibility index (Phi) is 5.39. The summed E-state index contributed by atoms with van der Waals surface area (Å²) in [6.45, 7) is 5.44. The summed E-state index contributed by atoms with van der Waals surface area (Å²) in [7, 11) is 1.53. The van der Waals surface area contributed by atoms with Crippen LogP contribution < -0.4 is 15.0 Å². The number of aryl methyl sites for hydroxylation is 2. The minimum atomic E-state index is -0.136. The first-order valence-electron chi connectivity index (χ1n) is 9.37. The molecule has 3 aromatic rings. The number of aromatic nitrogens is 4. The van der Waals surface area contributed by atoms with Gasteiger partial charge in [-0.1, -0.05) is 0 Å². The number of pyridine rings is 1. The third-order valence-electron chi connectivity index (χ3n) is 4.79. The number of carbonyl (C=O) groups excluding carboxylic acids is 1. The first kappa shape index (κ1) is 19.3. The number of nitrogens with zero attached hydrogens (tertiary/aromatic N) is 5. The van der Waals surface area contributed by atoms with Crippen molar-refractivity contribution in [2.45, 2.75) is 26.3 Å². The fourth-order valence-electron chi connectivity index (χ4n) is 3.39. The number of amides is 1. The van der Waals surface area contributed by atoms with Crippen LogP contribution in [0.2, 0.25) is 0 Å². The van der Waals surface area contributed by atoms with E-state index in [0.717, 1.165) is 34.2 Å². The van der Waals surface area contributed by atoms with Gasteiger partial charge in [0.1, 0.15) is 0 Å². The minimum absolute atomic E-state index is 0.0290. The van der Waals surface area contributed by atoms with Crippen molar-refractivity contribution < 1.29 is 9.53 Å². The van der Waals surface area contributed by atoms with E-state index in [9.17, 15) is 4.79 Å². The van der Waals surface area contributed by atoms with Gasteiger partial charge >= 0.3 is 0 Å². The van der Waals surface area contributed by atoms with Crippen molar-refractivity contribution in [1.29, 1.82) is 0 Å². The third-order valence-corrected chi connectivity index (χ3v) is 5.89. The fraction of sp³-hybridized carbons (Fsp3) is 0.350. The predicted molar refractivity (Wildman–Crippen MR) is 111 cm³/mol. The Hall–Kier alpha value is -3.07. The molecule has 0 radical (unpaired) electrons. The molecule has 0 aromatic carbocycles. The SMILES string of the molecule is COc1cc(C(=O)NC2CCN(c3nccc(-c4sc(C)nc4C)n3)C2)ccn1. The predicted octanol–water partition coefficient (Wildman–Crippen LogP) is 2.63. The molecule has 1 unspecified atom stereocenters. The Morgan fingerprint density at radius 1 is 1.24 bits per heavy atom. The second kappa shape index (κ2) is 8.12. The molecular weight excluding hydrogens is 388 g/mol. The van der Waals surface area contributed by atoms with Gasteiger partial charge in [0.15, 0.2) is 0 Å². The second-order valence-corrected chi connectivity index (χ2v) is 8.08. The summed E-state index contributed by atoms with van der Waals surface area (Å²) in [5.41, 5.74) is 2.40. The van der Waals surface area contributed by atoms with E-state index in [1.54, 1.807) is 35.9 Å². The molecule has 0 bridgehead atoms. The molecular formula is C20H22N6O2S. The third kappa shape index (κ3) is 4.19. The van der Waals surface area contributed by atoms with Crippen molar-refractivity contribution in [3.05, 3.63) is 46.9 Å². The number of nitrogens with one attached hydrogen (secondary N) is 1. The van der Waals surface area contributed by atoms with E-state index >= 15 is 0 Å². The van der Waals surface area contributed by atoms with Crippen LogP contribution in [0.3, 0.4) is 0 Å². The van der Waals surface area contributed by atoms with Crippen molar-refractivity contribution in [1.82, 2.24) is 25.3 Å². The molecule has 4 rings (SSSR count). The van der Waals surface area contributed by atoms with E-state index in [4.69, 9.17) is 9.72 Å². The van der Waals surface area contributed by atoms with E-state index in [2.05, 4.69) is 25.2 Å². The zero-order chi connectivity index (χ0) is 20.4. The maximum absolute atomic E-state index is 12.5. The van der Waals surface area contributed by atoms with Crippen LogP contribution in [0.5, 0.6) is 5.88 Å². The van der Waals surface area contributed by atoms with Crippen LogP contribution >= 0.6 is 11.3 Å². The normalized spacial score (nSPS) is 16.1. The van der Waals surface area contributed by atoms with Gasteiger partial charge in [-0.05, 0) is 32.4 Å². The lowest BCUT2D eigenvalue weighted by Crippen LogP contribution is -2.37.